The summed E-state index contributed by atoms with van der Waals surface area (Å²) in [5, 5.41) is 3.39. The molecule has 0 aromatic carbocycles. The summed E-state index contributed by atoms with van der Waals surface area (Å²) in [6.07, 6.45) is 7.50. The Hall–Kier alpha value is -1.55. The van der Waals surface area contributed by atoms with Crippen LogP contribution < -0.4 is 5.32 Å². The fourth-order valence-corrected chi connectivity index (χ4v) is 1.44. The van der Waals surface area contributed by atoms with Gasteiger partial charge in [-0.25, -0.2) is 4.98 Å². The van der Waals surface area contributed by atoms with E-state index in [1.165, 1.54) is 12.8 Å². The second-order valence-electron chi connectivity index (χ2n) is 3.81. The van der Waals surface area contributed by atoms with Crippen LogP contribution in [-0.2, 0) is 6.54 Å². The monoisotopic (exact) mass is 204 g/mol. The van der Waals surface area contributed by atoms with Crippen molar-refractivity contribution in [2.24, 2.45) is 0 Å². The number of hydrogen-bond donors (Lipinski definition) is 1. The maximum absolute atomic E-state index is 5.35. The van der Waals surface area contributed by atoms with E-state index in [9.17, 15) is 0 Å². The van der Waals surface area contributed by atoms with Gasteiger partial charge in [0.2, 0.25) is 5.89 Å². The van der Waals surface area contributed by atoms with Gasteiger partial charge in [0.15, 0.2) is 0 Å². The molecule has 4 nitrogen and oxygen atoms in total. The van der Waals surface area contributed by atoms with E-state index in [1.54, 1.807) is 18.8 Å². The fraction of sp³-hybridized carbons (Fsp3) is 0.364. The van der Waals surface area contributed by atoms with Gasteiger partial charge in [-0.3, -0.25) is 0 Å². The summed E-state index contributed by atoms with van der Waals surface area (Å²) < 4.78 is 10.3. The van der Waals surface area contributed by atoms with Crippen LogP contribution in [0.4, 0.5) is 0 Å². The molecule has 4 heteroatoms. The molecule has 3 rings (SSSR count). The molecule has 0 atom stereocenters. The quantitative estimate of drug-likeness (QED) is 0.829. The Morgan fingerprint density at radius 1 is 1.40 bits per heavy atom. The predicted octanol–water partition coefficient (Wildman–Crippen LogP) is 2.19. The molecule has 2 heterocycles. The van der Waals surface area contributed by atoms with Crippen LogP contribution in [0.15, 0.2) is 33.7 Å². The largest absolute Gasteiger partial charge is 0.472 e. The minimum atomic E-state index is 0.622. The molecule has 1 aliphatic rings. The molecule has 1 fully saturated rings. The smallest absolute Gasteiger partial charge is 0.229 e. The lowest BCUT2D eigenvalue weighted by atomic mass is 10.3. The minimum absolute atomic E-state index is 0.622. The molecule has 1 saturated carbocycles. The van der Waals surface area contributed by atoms with Crippen LogP contribution in [0.1, 0.15) is 18.5 Å². The normalized spacial score (nSPS) is 15.7. The number of rotatable bonds is 4. The van der Waals surface area contributed by atoms with Gasteiger partial charge in [0.05, 0.1) is 17.5 Å². The third-order valence-corrected chi connectivity index (χ3v) is 2.47. The maximum Gasteiger partial charge on any atom is 0.229 e. The van der Waals surface area contributed by atoms with Crippen molar-refractivity contribution >= 4 is 0 Å². The number of hydrogen-bond acceptors (Lipinski definition) is 4. The Bertz CT molecular complexity index is 429. The van der Waals surface area contributed by atoms with E-state index in [0.717, 1.165) is 17.8 Å². The number of furan rings is 1. The molecule has 0 amide bonds. The molecular weight excluding hydrogens is 192 g/mol. The van der Waals surface area contributed by atoms with Crippen LogP contribution in [0.25, 0.3) is 11.5 Å². The molecule has 0 radical (unpaired) electrons. The van der Waals surface area contributed by atoms with Crippen molar-refractivity contribution in [3.63, 3.8) is 0 Å². The predicted molar refractivity (Wildman–Crippen MR) is 54.1 cm³/mol. The zero-order chi connectivity index (χ0) is 10.1. The maximum atomic E-state index is 5.35. The van der Waals surface area contributed by atoms with Crippen molar-refractivity contribution < 1.29 is 8.83 Å². The molecule has 0 unspecified atom stereocenters. The first-order valence-corrected chi connectivity index (χ1v) is 5.12. The first-order chi connectivity index (χ1) is 7.42. The van der Waals surface area contributed by atoms with Crippen molar-refractivity contribution in [2.75, 3.05) is 0 Å². The third-order valence-electron chi connectivity index (χ3n) is 2.47. The second-order valence-corrected chi connectivity index (χ2v) is 3.81. The van der Waals surface area contributed by atoms with Crippen molar-refractivity contribution in [1.82, 2.24) is 10.3 Å². The average Bonchev–Trinajstić information content (AvgIpc) is 2.78. The first kappa shape index (κ1) is 8.73. The van der Waals surface area contributed by atoms with E-state index in [1.807, 2.05) is 6.07 Å². The van der Waals surface area contributed by atoms with Crippen molar-refractivity contribution in [3.8, 4) is 11.5 Å². The molecule has 78 valence electrons. The van der Waals surface area contributed by atoms with Crippen molar-refractivity contribution in [2.45, 2.75) is 25.4 Å². The second kappa shape index (κ2) is 3.55. The standard InChI is InChI=1S/C11H12N2O2/c1-2-9(1)12-5-10-7-15-11(13-10)8-3-4-14-6-8/h3-4,6-7,9,12H,1-2,5H2. The summed E-state index contributed by atoms with van der Waals surface area (Å²) in [4.78, 5) is 4.36. The van der Waals surface area contributed by atoms with E-state index in [0.29, 0.717) is 11.9 Å². The van der Waals surface area contributed by atoms with Crippen LogP contribution >= 0.6 is 0 Å². The van der Waals surface area contributed by atoms with E-state index < -0.39 is 0 Å². The van der Waals surface area contributed by atoms with Gasteiger partial charge in [0.1, 0.15) is 12.5 Å². The topological polar surface area (TPSA) is 51.2 Å². The third kappa shape index (κ3) is 1.94. The zero-order valence-electron chi connectivity index (χ0n) is 8.27. The minimum Gasteiger partial charge on any atom is -0.472 e. The molecule has 1 N–H and O–H groups in total. The highest BCUT2D eigenvalue weighted by Crippen LogP contribution is 2.21. The van der Waals surface area contributed by atoms with Gasteiger partial charge in [0, 0.05) is 12.6 Å². The van der Waals surface area contributed by atoms with Gasteiger partial charge >= 0.3 is 0 Å². The highest BCUT2D eigenvalue weighted by Gasteiger charge is 2.20. The average molecular weight is 204 g/mol. The molecule has 0 saturated heterocycles. The highest BCUT2D eigenvalue weighted by atomic mass is 16.3. The summed E-state index contributed by atoms with van der Waals surface area (Å²) in [6, 6.07) is 2.53. The molecule has 1 aliphatic carbocycles. The number of nitrogens with one attached hydrogen (secondary N) is 1. The number of aromatic nitrogens is 1. The molecule has 0 bridgehead atoms. The van der Waals surface area contributed by atoms with Gasteiger partial charge in [-0.15, -0.1) is 0 Å². The molecule has 2 aromatic rings. The molecule has 2 aromatic heterocycles. The SMILES string of the molecule is c1cc(-c2nc(CNC3CC3)co2)co1. The highest BCUT2D eigenvalue weighted by molar-refractivity contribution is 5.50. The lowest BCUT2D eigenvalue weighted by molar-refractivity contribution is 0.555. The van der Waals surface area contributed by atoms with Crippen LogP contribution in [0.5, 0.6) is 0 Å². The first-order valence-electron chi connectivity index (χ1n) is 5.12. The van der Waals surface area contributed by atoms with Crippen molar-refractivity contribution in [3.05, 3.63) is 30.5 Å². The Balaban J connectivity index is 1.69. The van der Waals surface area contributed by atoms with Gasteiger partial charge in [-0.1, -0.05) is 0 Å². The van der Waals surface area contributed by atoms with E-state index in [4.69, 9.17) is 8.83 Å². The Labute approximate surface area is 87.3 Å². The van der Waals surface area contributed by atoms with E-state index in [2.05, 4.69) is 10.3 Å². The van der Waals surface area contributed by atoms with E-state index in [-0.39, 0.29) is 0 Å². The lowest BCUT2D eigenvalue weighted by Crippen LogP contribution is -2.15. The summed E-state index contributed by atoms with van der Waals surface area (Å²) in [5.41, 5.74) is 1.82. The summed E-state index contributed by atoms with van der Waals surface area (Å²) in [6.45, 7) is 0.784. The summed E-state index contributed by atoms with van der Waals surface area (Å²) in [5.74, 6) is 0.622. The number of nitrogens with zero attached hydrogens (tertiary/aromatic N) is 1. The van der Waals surface area contributed by atoms with Crippen molar-refractivity contribution in [1.29, 1.82) is 0 Å². The van der Waals surface area contributed by atoms with Gasteiger partial charge in [-0.05, 0) is 18.9 Å². The van der Waals surface area contributed by atoms with Crippen LogP contribution in [0.2, 0.25) is 0 Å². The zero-order valence-corrected chi connectivity index (χ0v) is 8.27. The van der Waals surface area contributed by atoms with Gasteiger partial charge in [-0.2, -0.15) is 0 Å². The van der Waals surface area contributed by atoms with Gasteiger partial charge in [0.25, 0.3) is 0 Å². The molecule has 0 spiro atoms. The number of oxazole rings is 1. The van der Waals surface area contributed by atoms with Crippen LogP contribution in [0.3, 0.4) is 0 Å². The van der Waals surface area contributed by atoms with E-state index >= 15 is 0 Å². The Morgan fingerprint density at radius 2 is 2.33 bits per heavy atom. The van der Waals surface area contributed by atoms with Crippen LogP contribution in [-0.4, -0.2) is 11.0 Å². The Morgan fingerprint density at radius 3 is 3.07 bits per heavy atom. The molecule has 0 aliphatic heterocycles. The summed E-state index contributed by atoms with van der Waals surface area (Å²) in [7, 11) is 0. The summed E-state index contributed by atoms with van der Waals surface area (Å²) >= 11 is 0. The van der Waals surface area contributed by atoms with Gasteiger partial charge < -0.3 is 14.2 Å². The fourth-order valence-electron chi connectivity index (χ4n) is 1.44. The van der Waals surface area contributed by atoms with Crippen LogP contribution in [0, 0.1) is 0 Å². The molecular formula is C11H12N2O2. The molecule has 15 heavy (non-hydrogen) atoms. The lowest BCUT2D eigenvalue weighted by Gasteiger charge is -1.95. The Kier molecular flexibility index (Phi) is 2.07.